The van der Waals surface area contributed by atoms with Gasteiger partial charge in [0.25, 0.3) is 11.8 Å². The minimum absolute atomic E-state index is 0.262. The van der Waals surface area contributed by atoms with Crippen molar-refractivity contribution < 1.29 is 19.6 Å². The van der Waals surface area contributed by atoms with Crippen LogP contribution in [0.3, 0.4) is 0 Å². The lowest BCUT2D eigenvalue weighted by Crippen LogP contribution is -2.54. The van der Waals surface area contributed by atoms with Crippen LogP contribution in [-0.4, -0.2) is 56.6 Å². The van der Waals surface area contributed by atoms with Gasteiger partial charge in [0.1, 0.15) is 6.04 Å². The third-order valence-corrected chi connectivity index (χ3v) is 3.87. The number of hydrogen-bond acceptors (Lipinski definition) is 5. The third-order valence-electron chi connectivity index (χ3n) is 3.87. The lowest BCUT2D eigenvalue weighted by Gasteiger charge is -2.29. The van der Waals surface area contributed by atoms with Gasteiger partial charge in [-0.25, -0.2) is 9.86 Å². The number of hydroxylamine groups is 2. The molecule has 0 unspecified atom stereocenters. The first-order chi connectivity index (χ1) is 10.6. The summed E-state index contributed by atoms with van der Waals surface area (Å²) in [5.41, 5.74) is 4.91. The summed E-state index contributed by atoms with van der Waals surface area (Å²) in [6, 6.07) is 1.63. The zero-order valence-corrected chi connectivity index (χ0v) is 11.6. The highest BCUT2D eigenvalue weighted by molar-refractivity contribution is 5.96. The Hall–Kier alpha value is -2.68. The molecule has 0 saturated carbocycles. The maximum Gasteiger partial charge on any atom is 0.344 e. The molecular formula is C13H15N5O4. The molecule has 9 nitrogen and oxygen atoms in total. The van der Waals surface area contributed by atoms with E-state index in [1.165, 1.54) is 17.3 Å². The van der Waals surface area contributed by atoms with Crippen LogP contribution in [-0.2, 0) is 4.79 Å². The second kappa shape index (κ2) is 5.60. The Morgan fingerprint density at radius 3 is 2.86 bits per heavy atom. The molecule has 2 aliphatic heterocycles. The van der Waals surface area contributed by atoms with E-state index in [4.69, 9.17) is 0 Å². The van der Waals surface area contributed by atoms with Crippen LogP contribution in [0.1, 0.15) is 23.2 Å². The highest BCUT2D eigenvalue weighted by Gasteiger charge is 2.46. The molecule has 2 atom stereocenters. The van der Waals surface area contributed by atoms with Crippen molar-refractivity contribution in [3.8, 4) is 0 Å². The first-order valence-corrected chi connectivity index (χ1v) is 6.87. The van der Waals surface area contributed by atoms with Gasteiger partial charge in [-0.05, 0) is 25.0 Å². The van der Waals surface area contributed by atoms with Gasteiger partial charge in [-0.1, -0.05) is 0 Å². The average molecular weight is 305 g/mol. The Labute approximate surface area is 125 Å². The molecule has 3 N–H and O–H groups in total. The highest BCUT2D eigenvalue weighted by Crippen LogP contribution is 2.28. The SMILES string of the molecule is O=C(NNC(=O)[C@@H]1CC[C@@H]2CN1C(=O)N2O)c1cccnc1. The molecule has 22 heavy (non-hydrogen) atoms. The quantitative estimate of drug-likeness (QED) is 0.503. The van der Waals surface area contributed by atoms with Crippen LogP contribution >= 0.6 is 0 Å². The molecule has 1 aromatic rings. The largest absolute Gasteiger partial charge is 0.344 e. The van der Waals surface area contributed by atoms with Crippen LogP contribution in [0, 0.1) is 0 Å². The first kappa shape index (κ1) is 14.3. The van der Waals surface area contributed by atoms with Gasteiger partial charge in [0, 0.05) is 18.9 Å². The van der Waals surface area contributed by atoms with E-state index in [2.05, 4.69) is 15.8 Å². The van der Waals surface area contributed by atoms with Crippen molar-refractivity contribution in [3.63, 3.8) is 0 Å². The Bertz CT molecular complexity index is 608. The van der Waals surface area contributed by atoms with Crippen molar-refractivity contribution in [2.75, 3.05) is 6.54 Å². The molecule has 2 aliphatic rings. The normalized spacial score (nSPS) is 23.4. The minimum Gasteiger partial charge on any atom is -0.309 e. The molecule has 2 saturated heterocycles. The number of nitrogens with zero attached hydrogens (tertiary/aromatic N) is 3. The van der Waals surface area contributed by atoms with E-state index in [1.807, 2.05) is 0 Å². The fourth-order valence-corrected chi connectivity index (χ4v) is 2.69. The second-order valence-corrected chi connectivity index (χ2v) is 5.21. The van der Waals surface area contributed by atoms with Crippen LogP contribution in [0.25, 0.3) is 0 Å². The number of rotatable bonds is 2. The summed E-state index contributed by atoms with van der Waals surface area (Å²) < 4.78 is 0. The van der Waals surface area contributed by atoms with Gasteiger partial charge in [0.2, 0.25) is 0 Å². The Kier molecular flexibility index (Phi) is 3.63. The monoisotopic (exact) mass is 305 g/mol. The lowest BCUT2D eigenvalue weighted by molar-refractivity contribution is -0.126. The number of hydrazine groups is 1. The number of aromatic nitrogens is 1. The number of urea groups is 1. The van der Waals surface area contributed by atoms with Crippen molar-refractivity contribution in [2.24, 2.45) is 0 Å². The van der Waals surface area contributed by atoms with Gasteiger partial charge in [-0.3, -0.25) is 30.6 Å². The molecule has 2 fully saturated rings. The van der Waals surface area contributed by atoms with Gasteiger partial charge in [-0.2, -0.15) is 0 Å². The molecule has 4 amide bonds. The predicted molar refractivity (Wildman–Crippen MR) is 72.4 cm³/mol. The van der Waals surface area contributed by atoms with E-state index in [1.54, 1.807) is 12.1 Å². The lowest BCUT2D eigenvalue weighted by atomic mass is 10.0. The zero-order chi connectivity index (χ0) is 15.7. The number of piperidine rings is 1. The van der Waals surface area contributed by atoms with E-state index in [0.717, 1.165) is 0 Å². The summed E-state index contributed by atoms with van der Waals surface area (Å²) in [6.07, 6.45) is 3.88. The third kappa shape index (κ3) is 2.46. The van der Waals surface area contributed by atoms with Crippen molar-refractivity contribution in [1.82, 2.24) is 25.8 Å². The molecule has 2 bridgehead atoms. The molecule has 116 valence electrons. The summed E-state index contributed by atoms with van der Waals surface area (Å²) in [5.74, 6) is -0.981. The van der Waals surface area contributed by atoms with Crippen LogP contribution < -0.4 is 10.9 Å². The van der Waals surface area contributed by atoms with Gasteiger partial charge in [0.05, 0.1) is 11.6 Å². The second-order valence-electron chi connectivity index (χ2n) is 5.21. The van der Waals surface area contributed by atoms with E-state index < -0.39 is 23.9 Å². The van der Waals surface area contributed by atoms with E-state index in [0.29, 0.717) is 30.0 Å². The molecular weight excluding hydrogens is 290 g/mol. The summed E-state index contributed by atoms with van der Waals surface area (Å²) in [7, 11) is 0. The minimum atomic E-state index is -0.699. The Balaban J connectivity index is 1.59. The van der Waals surface area contributed by atoms with E-state index in [9.17, 15) is 19.6 Å². The molecule has 3 rings (SSSR count). The molecule has 0 aromatic carbocycles. The standard InChI is InChI=1S/C13H15N5O4/c19-11(8-2-1-5-14-6-8)15-16-12(20)10-4-3-9-7-17(10)13(21)18(9)22/h1-2,5-6,9-10,22H,3-4,7H2,(H,15,19)(H,16,20)/t9-,10+/m1/s1. The molecule has 0 aliphatic carbocycles. The fraction of sp³-hybridized carbons (Fsp3) is 0.385. The van der Waals surface area contributed by atoms with Crippen molar-refractivity contribution in [3.05, 3.63) is 30.1 Å². The van der Waals surface area contributed by atoms with Crippen molar-refractivity contribution >= 4 is 17.8 Å². The predicted octanol–water partition coefficient (Wildman–Crippen LogP) is -0.500. The van der Waals surface area contributed by atoms with Crippen molar-refractivity contribution in [2.45, 2.75) is 24.9 Å². The van der Waals surface area contributed by atoms with E-state index in [-0.39, 0.29) is 6.04 Å². The fourth-order valence-electron chi connectivity index (χ4n) is 2.69. The van der Waals surface area contributed by atoms with Gasteiger partial charge >= 0.3 is 6.03 Å². The van der Waals surface area contributed by atoms with Crippen LogP contribution in [0.15, 0.2) is 24.5 Å². The van der Waals surface area contributed by atoms with Gasteiger partial charge < -0.3 is 4.90 Å². The van der Waals surface area contributed by atoms with Crippen LogP contribution in [0.2, 0.25) is 0 Å². The summed E-state index contributed by atoms with van der Waals surface area (Å²) >= 11 is 0. The summed E-state index contributed by atoms with van der Waals surface area (Å²) in [6.45, 7) is 0.309. The number of fused-ring (bicyclic) bond motifs is 2. The summed E-state index contributed by atoms with van der Waals surface area (Å²) in [4.78, 5) is 40.9. The Morgan fingerprint density at radius 1 is 1.32 bits per heavy atom. The maximum atomic E-state index is 12.1. The van der Waals surface area contributed by atoms with Gasteiger partial charge in [0.15, 0.2) is 0 Å². The summed E-state index contributed by atoms with van der Waals surface area (Å²) in [5, 5.41) is 10.2. The molecule has 0 radical (unpaired) electrons. The van der Waals surface area contributed by atoms with Crippen molar-refractivity contribution in [1.29, 1.82) is 0 Å². The number of hydrogen-bond donors (Lipinski definition) is 3. The van der Waals surface area contributed by atoms with Gasteiger partial charge in [-0.15, -0.1) is 0 Å². The number of nitrogens with one attached hydrogen (secondary N) is 2. The number of carbonyl (C=O) groups is 3. The topological polar surface area (TPSA) is 115 Å². The van der Waals surface area contributed by atoms with Crippen LogP contribution in [0.4, 0.5) is 4.79 Å². The number of amides is 4. The average Bonchev–Trinajstić information content (AvgIpc) is 2.78. The van der Waals surface area contributed by atoms with Crippen LogP contribution in [0.5, 0.6) is 0 Å². The number of carbonyl (C=O) groups excluding carboxylic acids is 3. The number of pyridine rings is 1. The first-order valence-electron chi connectivity index (χ1n) is 6.87. The zero-order valence-electron chi connectivity index (χ0n) is 11.6. The highest BCUT2D eigenvalue weighted by atomic mass is 16.5. The molecule has 3 heterocycles. The Morgan fingerprint density at radius 2 is 2.14 bits per heavy atom. The maximum absolute atomic E-state index is 12.1. The molecule has 9 heteroatoms. The smallest absolute Gasteiger partial charge is 0.309 e. The molecule has 1 aromatic heterocycles. The molecule has 0 spiro atoms. The van der Waals surface area contributed by atoms with E-state index >= 15 is 0 Å².